The van der Waals surface area contributed by atoms with Gasteiger partial charge in [0.1, 0.15) is 0 Å². The van der Waals surface area contributed by atoms with Crippen molar-refractivity contribution < 1.29 is 9.53 Å². The number of carbonyl (C=O) groups excluding carboxylic acids is 1. The second kappa shape index (κ2) is 6.04. The van der Waals surface area contributed by atoms with Crippen molar-refractivity contribution in [3.63, 3.8) is 0 Å². The van der Waals surface area contributed by atoms with E-state index >= 15 is 0 Å². The minimum Gasteiger partial charge on any atom is -0.468 e. The Morgan fingerprint density at radius 2 is 1.95 bits per heavy atom. The van der Waals surface area contributed by atoms with Crippen molar-refractivity contribution in [3.8, 4) is 0 Å². The van der Waals surface area contributed by atoms with Crippen LogP contribution in [0.2, 0.25) is 0 Å². The average Bonchev–Trinajstić information content (AvgIpc) is 3.36. The molecule has 0 unspecified atom stereocenters. The third-order valence-corrected chi connectivity index (χ3v) is 5.87. The van der Waals surface area contributed by atoms with Gasteiger partial charge in [0, 0.05) is 4.90 Å². The Labute approximate surface area is 131 Å². The summed E-state index contributed by atoms with van der Waals surface area (Å²) in [4.78, 5) is 13.6. The van der Waals surface area contributed by atoms with Crippen LogP contribution < -0.4 is 0 Å². The quantitative estimate of drug-likeness (QED) is 0.598. The van der Waals surface area contributed by atoms with Gasteiger partial charge in [-0.1, -0.05) is 25.3 Å². The molecular weight excluding hydrogens is 280 g/mol. The van der Waals surface area contributed by atoms with E-state index in [1.165, 1.54) is 55.2 Å². The first kappa shape index (κ1) is 15.0. The number of hydrogen-bond donors (Lipinski definition) is 0. The van der Waals surface area contributed by atoms with E-state index in [1.54, 1.807) is 11.8 Å². The summed E-state index contributed by atoms with van der Waals surface area (Å²) in [6.07, 6.45) is 10.5. The zero-order chi connectivity index (χ0) is 14.9. The van der Waals surface area contributed by atoms with Crippen LogP contribution in [0.4, 0.5) is 0 Å². The predicted molar refractivity (Wildman–Crippen MR) is 87.0 cm³/mol. The smallest absolute Gasteiger partial charge is 0.316 e. The molecule has 2 fully saturated rings. The number of hydrogen-bond acceptors (Lipinski definition) is 3. The van der Waals surface area contributed by atoms with Crippen molar-refractivity contribution in [2.75, 3.05) is 13.4 Å². The number of thioether (sulfide) groups is 1. The fourth-order valence-corrected chi connectivity index (χ4v) is 4.21. The zero-order valence-corrected chi connectivity index (χ0v) is 13.8. The summed E-state index contributed by atoms with van der Waals surface area (Å²) in [6.45, 7) is 0. The molecule has 3 rings (SSSR count). The van der Waals surface area contributed by atoms with Gasteiger partial charge in [-0.15, -0.1) is 11.8 Å². The van der Waals surface area contributed by atoms with E-state index < -0.39 is 0 Å². The molecular formula is C18H24O2S. The standard InChI is InChI=1S/C18H24O2S/c1-20-17(19)18(10-11-18)16-9-8-14(21-2)12-15(16)13-6-4-3-5-7-13/h8-9,12-13H,3-7,10-11H2,1-2H3. The highest BCUT2D eigenvalue weighted by Gasteiger charge is 2.53. The van der Waals surface area contributed by atoms with Gasteiger partial charge in [0.05, 0.1) is 12.5 Å². The van der Waals surface area contributed by atoms with Gasteiger partial charge in [-0.05, 0) is 61.1 Å². The summed E-state index contributed by atoms with van der Waals surface area (Å²) in [5.74, 6) is 0.583. The van der Waals surface area contributed by atoms with Crippen molar-refractivity contribution in [1.82, 2.24) is 0 Å². The van der Waals surface area contributed by atoms with Gasteiger partial charge in [-0.3, -0.25) is 4.79 Å². The first-order valence-corrected chi connectivity index (χ1v) is 9.20. The van der Waals surface area contributed by atoms with Crippen LogP contribution in [0, 0.1) is 0 Å². The van der Waals surface area contributed by atoms with E-state index in [0.29, 0.717) is 5.92 Å². The van der Waals surface area contributed by atoms with Crippen LogP contribution in [-0.2, 0) is 14.9 Å². The first-order valence-electron chi connectivity index (χ1n) is 7.98. The van der Waals surface area contributed by atoms with Gasteiger partial charge in [0.15, 0.2) is 0 Å². The summed E-state index contributed by atoms with van der Waals surface area (Å²) in [5.41, 5.74) is 2.34. The molecule has 0 spiro atoms. The van der Waals surface area contributed by atoms with Crippen LogP contribution >= 0.6 is 11.8 Å². The Kier molecular flexibility index (Phi) is 4.30. The maximum absolute atomic E-state index is 12.3. The molecule has 0 bridgehead atoms. The first-order chi connectivity index (χ1) is 10.2. The number of benzene rings is 1. The van der Waals surface area contributed by atoms with Crippen LogP contribution in [-0.4, -0.2) is 19.3 Å². The lowest BCUT2D eigenvalue weighted by Crippen LogP contribution is -2.24. The summed E-state index contributed by atoms with van der Waals surface area (Å²) >= 11 is 1.78. The highest BCUT2D eigenvalue weighted by Crippen LogP contribution is 2.52. The van der Waals surface area contributed by atoms with Crippen molar-refractivity contribution in [3.05, 3.63) is 29.3 Å². The topological polar surface area (TPSA) is 26.3 Å². The Morgan fingerprint density at radius 1 is 1.24 bits per heavy atom. The summed E-state index contributed by atoms with van der Waals surface area (Å²) in [6, 6.07) is 6.69. The molecule has 0 amide bonds. The maximum Gasteiger partial charge on any atom is 0.316 e. The number of carbonyl (C=O) groups is 1. The van der Waals surface area contributed by atoms with Gasteiger partial charge >= 0.3 is 5.97 Å². The SMILES string of the molecule is COC(=O)C1(c2ccc(SC)cc2C2CCCCC2)CC1. The Bertz CT molecular complexity index is 528. The third kappa shape index (κ3) is 2.73. The van der Waals surface area contributed by atoms with Crippen LogP contribution in [0.25, 0.3) is 0 Å². The summed E-state index contributed by atoms with van der Waals surface area (Å²) < 4.78 is 5.09. The molecule has 0 heterocycles. The second-order valence-electron chi connectivity index (χ2n) is 6.36. The third-order valence-electron chi connectivity index (χ3n) is 5.15. The minimum atomic E-state index is -0.335. The summed E-state index contributed by atoms with van der Waals surface area (Å²) in [5, 5.41) is 0. The lowest BCUT2D eigenvalue weighted by molar-refractivity contribution is -0.143. The average molecular weight is 304 g/mol. The van der Waals surface area contributed by atoms with Crippen molar-refractivity contribution >= 4 is 17.7 Å². The molecule has 114 valence electrons. The molecule has 0 saturated heterocycles. The summed E-state index contributed by atoms with van der Waals surface area (Å²) in [7, 11) is 1.51. The molecule has 2 aliphatic rings. The highest BCUT2D eigenvalue weighted by molar-refractivity contribution is 7.98. The van der Waals surface area contributed by atoms with E-state index in [1.807, 2.05) is 0 Å². The zero-order valence-electron chi connectivity index (χ0n) is 13.0. The molecule has 3 heteroatoms. The fraction of sp³-hybridized carbons (Fsp3) is 0.611. The molecule has 0 radical (unpaired) electrons. The largest absolute Gasteiger partial charge is 0.468 e. The van der Waals surface area contributed by atoms with Gasteiger partial charge < -0.3 is 4.74 Å². The molecule has 0 aromatic heterocycles. The van der Waals surface area contributed by atoms with Gasteiger partial charge in [-0.2, -0.15) is 0 Å². The molecule has 1 aromatic carbocycles. The molecule has 2 saturated carbocycles. The number of methoxy groups -OCH3 is 1. The fourth-order valence-electron chi connectivity index (χ4n) is 3.76. The lowest BCUT2D eigenvalue weighted by Gasteiger charge is -2.27. The van der Waals surface area contributed by atoms with Gasteiger partial charge in [-0.25, -0.2) is 0 Å². The number of rotatable bonds is 4. The number of esters is 1. The minimum absolute atomic E-state index is 0.0449. The molecule has 21 heavy (non-hydrogen) atoms. The van der Waals surface area contributed by atoms with E-state index in [9.17, 15) is 4.79 Å². The van der Waals surface area contributed by atoms with Crippen LogP contribution in [0.15, 0.2) is 23.1 Å². The monoisotopic (exact) mass is 304 g/mol. The number of ether oxygens (including phenoxy) is 1. The van der Waals surface area contributed by atoms with Gasteiger partial charge in [0.25, 0.3) is 0 Å². The lowest BCUT2D eigenvalue weighted by atomic mass is 9.78. The van der Waals surface area contributed by atoms with Crippen LogP contribution in [0.3, 0.4) is 0 Å². The van der Waals surface area contributed by atoms with E-state index in [4.69, 9.17) is 4.74 Å². The Morgan fingerprint density at radius 3 is 2.52 bits per heavy atom. The van der Waals surface area contributed by atoms with E-state index in [2.05, 4.69) is 24.5 Å². The molecule has 2 aliphatic carbocycles. The Hall–Kier alpha value is -0.960. The van der Waals surface area contributed by atoms with Crippen molar-refractivity contribution in [2.45, 2.75) is 61.2 Å². The predicted octanol–water partition coefficient (Wildman–Crippen LogP) is 4.66. The van der Waals surface area contributed by atoms with Gasteiger partial charge in [0.2, 0.25) is 0 Å². The van der Waals surface area contributed by atoms with Crippen LogP contribution in [0.1, 0.15) is 62.0 Å². The maximum atomic E-state index is 12.3. The van der Waals surface area contributed by atoms with E-state index in [0.717, 1.165) is 12.8 Å². The second-order valence-corrected chi connectivity index (χ2v) is 7.24. The van der Waals surface area contributed by atoms with Crippen molar-refractivity contribution in [1.29, 1.82) is 0 Å². The van der Waals surface area contributed by atoms with E-state index in [-0.39, 0.29) is 11.4 Å². The van der Waals surface area contributed by atoms with Crippen LogP contribution in [0.5, 0.6) is 0 Å². The molecule has 0 atom stereocenters. The van der Waals surface area contributed by atoms with Crippen molar-refractivity contribution in [2.24, 2.45) is 0 Å². The molecule has 1 aromatic rings. The molecule has 0 aliphatic heterocycles. The molecule has 0 N–H and O–H groups in total. The molecule has 2 nitrogen and oxygen atoms in total. The highest BCUT2D eigenvalue weighted by atomic mass is 32.2. The normalized spacial score (nSPS) is 21.0. The Balaban J connectivity index is 2.01.